The van der Waals surface area contributed by atoms with Crippen LogP contribution in [0, 0.1) is 0 Å². The minimum atomic E-state index is -0.313. The van der Waals surface area contributed by atoms with Crippen LogP contribution in [-0.4, -0.2) is 21.0 Å². The first-order valence-electron chi connectivity index (χ1n) is 9.40. The van der Waals surface area contributed by atoms with Gasteiger partial charge in [0.05, 0.1) is 0 Å². The van der Waals surface area contributed by atoms with Crippen molar-refractivity contribution < 1.29 is 9.21 Å². The third-order valence-corrected chi connectivity index (χ3v) is 4.85. The van der Waals surface area contributed by atoms with E-state index in [1.54, 1.807) is 30.5 Å². The average molecular weight is 449 g/mol. The van der Waals surface area contributed by atoms with Gasteiger partial charge in [0.15, 0.2) is 16.3 Å². The minimum absolute atomic E-state index is 0.250. The van der Waals surface area contributed by atoms with E-state index < -0.39 is 0 Å². The number of nitrogens with zero attached hydrogens (tertiary/aromatic N) is 2. The quantitative estimate of drug-likeness (QED) is 0.339. The van der Waals surface area contributed by atoms with Crippen LogP contribution < -0.4 is 10.6 Å². The molecule has 8 heteroatoms. The van der Waals surface area contributed by atoms with Crippen molar-refractivity contribution in [1.29, 1.82) is 0 Å². The first kappa shape index (κ1) is 20.7. The number of carbonyl (C=O) groups excluding carboxylic acids is 1. The number of fused-ring (bicyclic) bond motifs is 1. The molecule has 31 heavy (non-hydrogen) atoms. The first-order valence-corrected chi connectivity index (χ1v) is 10.2. The fraction of sp³-hybridized carbons (Fsp3) is 0.0435. The van der Waals surface area contributed by atoms with E-state index in [1.807, 2.05) is 42.5 Å². The number of benzene rings is 2. The van der Waals surface area contributed by atoms with Crippen LogP contribution in [-0.2, 0) is 11.3 Å². The standard InChI is InChI=1S/C23H17ClN4O2S/c24-18-10-5-15(6-11-18)7-12-20(29)27-23(31)26-14-16-3-8-17(9-4-16)22-28-21-19(30-22)2-1-13-25-21/h1-13H,14H2,(H2,26,27,29,31)/b12-7+. The lowest BCUT2D eigenvalue weighted by Gasteiger charge is -2.08. The molecule has 4 aromatic rings. The Balaban J connectivity index is 1.29. The van der Waals surface area contributed by atoms with Crippen LogP contribution >= 0.6 is 23.8 Å². The number of thiocarbonyl (C=S) groups is 1. The topological polar surface area (TPSA) is 80.0 Å². The van der Waals surface area contributed by atoms with E-state index >= 15 is 0 Å². The summed E-state index contributed by atoms with van der Waals surface area (Å²) < 4.78 is 5.73. The fourth-order valence-electron chi connectivity index (χ4n) is 2.78. The minimum Gasteiger partial charge on any atom is -0.434 e. The highest BCUT2D eigenvalue weighted by molar-refractivity contribution is 7.80. The van der Waals surface area contributed by atoms with Crippen molar-refractivity contribution in [3.63, 3.8) is 0 Å². The molecule has 2 N–H and O–H groups in total. The molecule has 6 nitrogen and oxygen atoms in total. The predicted octanol–water partition coefficient (Wildman–Crippen LogP) is 4.75. The monoisotopic (exact) mass is 448 g/mol. The summed E-state index contributed by atoms with van der Waals surface area (Å²) in [4.78, 5) is 20.6. The van der Waals surface area contributed by atoms with Crippen molar-refractivity contribution in [3.8, 4) is 11.5 Å². The first-order chi connectivity index (χ1) is 15.1. The summed E-state index contributed by atoms with van der Waals surface area (Å²) >= 11 is 11.0. The number of hydrogen-bond acceptors (Lipinski definition) is 5. The summed E-state index contributed by atoms with van der Waals surface area (Å²) in [5.74, 6) is 0.204. The molecule has 0 saturated carbocycles. The van der Waals surface area contributed by atoms with Crippen molar-refractivity contribution in [2.45, 2.75) is 6.54 Å². The van der Waals surface area contributed by atoms with Gasteiger partial charge in [-0.2, -0.15) is 4.98 Å². The Morgan fingerprint density at radius 3 is 2.61 bits per heavy atom. The Morgan fingerprint density at radius 1 is 1.10 bits per heavy atom. The van der Waals surface area contributed by atoms with E-state index in [4.69, 9.17) is 28.2 Å². The lowest BCUT2D eigenvalue weighted by molar-refractivity contribution is -0.115. The van der Waals surface area contributed by atoms with Crippen LogP contribution in [0.2, 0.25) is 5.02 Å². The molecular formula is C23H17ClN4O2S. The van der Waals surface area contributed by atoms with E-state index in [2.05, 4.69) is 20.6 Å². The highest BCUT2D eigenvalue weighted by Crippen LogP contribution is 2.23. The smallest absolute Gasteiger partial charge is 0.250 e. The molecular weight excluding hydrogens is 432 g/mol. The molecule has 2 heterocycles. The van der Waals surface area contributed by atoms with E-state index in [-0.39, 0.29) is 11.0 Å². The summed E-state index contributed by atoms with van der Waals surface area (Å²) in [6.07, 6.45) is 4.79. The molecule has 0 bridgehead atoms. The van der Waals surface area contributed by atoms with Gasteiger partial charge in [0.1, 0.15) is 0 Å². The number of oxazole rings is 1. The van der Waals surface area contributed by atoms with Gasteiger partial charge in [0.2, 0.25) is 11.8 Å². The molecule has 4 rings (SSSR count). The van der Waals surface area contributed by atoms with Crippen LogP contribution in [0.4, 0.5) is 0 Å². The Labute approximate surface area is 189 Å². The molecule has 0 atom stereocenters. The normalized spacial score (nSPS) is 11.0. The van der Waals surface area contributed by atoms with Gasteiger partial charge in [-0.3, -0.25) is 10.1 Å². The summed E-state index contributed by atoms with van der Waals surface area (Å²) in [5, 5.41) is 6.53. The molecule has 1 amide bonds. The Kier molecular flexibility index (Phi) is 6.35. The van der Waals surface area contributed by atoms with Crippen molar-refractivity contribution >= 4 is 52.1 Å². The molecule has 0 saturated heterocycles. The number of pyridine rings is 1. The fourth-order valence-corrected chi connectivity index (χ4v) is 3.08. The van der Waals surface area contributed by atoms with Gasteiger partial charge in [0.25, 0.3) is 0 Å². The van der Waals surface area contributed by atoms with Crippen LogP contribution in [0.25, 0.3) is 28.8 Å². The van der Waals surface area contributed by atoms with Crippen LogP contribution in [0.1, 0.15) is 11.1 Å². The lowest BCUT2D eigenvalue weighted by Crippen LogP contribution is -2.37. The number of aromatic nitrogens is 2. The van der Waals surface area contributed by atoms with E-state index in [1.165, 1.54) is 6.08 Å². The third kappa shape index (κ3) is 5.53. The van der Waals surface area contributed by atoms with Crippen LogP contribution in [0.3, 0.4) is 0 Å². The second-order valence-corrected chi connectivity index (χ2v) is 7.44. The Bertz CT molecular complexity index is 1220. The molecule has 0 aliphatic carbocycles. The Morgan fingerprint density at radius 2 is 1.87 bits per heavy atom. The molecule has 0 radical (unpaired) electrons. The van der Waals surface area contributed by atoms with Gasteiger partial charge in [-0.05, 0) is 65.8 Å². The zero-order valence-electron chi connectivity index (χ0n) is 16.2. The van der Waals surface area contributed by atoms with Crippen molar-refractivity contribution in [1.82, 2.24) is 20.6 Å². The molecule has 0 spiro atoms. The van der Waals surface area contributed by atoms with Gasteiger partial charge < -0.3 is 9.73 Å². The number of hydrogen-bond donors (Lipinski definition) is 2. The molecule has 2 aromatic carbocycles. The Hall–Kier alpha value is -3.55. The summed E-state index contributed by atoms with van der Waals surface area (Å²) in [5.41, 5.74) is 3.94. The highest BCUT2D eigenvalue weighted by Gasteiger charge is 2.08. The van der Waals surface area contributed by atoms with E-state index in [9.17, 15) is 4.79 Å². The molecule has 0 aliphatic heterocycles. The van der Waals surface area contributed by atoms with Crippen molar-refractivity contribution in [2.24, 2.45) is 0 Å². The van der Waals surface area contributed by atoms with Gasteiger partial charge in [-0.15, -0.1) is 0 Å². The maximum absolute atomic E-state index is 12.0. The average Bonchev–Trinajstić information content (AvgIpc) is 3.22. The molecule has 154 valence electrons. The SMILES string of the molecule is O=C(/C=C/c1ccc(Cl)cc1)NC(=S)NCc1ccc(-c2nc3ncccc3o2)cc1. The van der Waals surface area contributed by atoms with Gasteiger partial charge >= 0.3 is 0 Å². The van der Waals surface area contributed by atoms with Crippen LogP contribution in [0.5, 0.6) is 0 Å². The second kappa shape index (κ2) is 9.51. The zero-order valence-corrected chi connectivity index (χ0v) is 17.8. The summed E-state index contributed by atoms with van der Waals surface area (Å²) in [7, 11) is 0. The lowest BCUT2D eigenvalue weighted by atomic mass is 10.1. The molecule has 0 fully saturated rings. The molecule has 0 aliphatic rings. The third-order valence-electron chi connectivity index (χ3n) is 4.35. The van der Waals surface area contributed by atoms with Gasteiger partial charge in [0, 0.05) is 29.4 Å². The van der Waals surface area contributed by atoms with Gasteiger partial charge in [-0.1, -0.05) is 35.9 Å². The number of carbonyl (C=O) groups is 1. The second-order valence-electron chi connectivity index (χ2n) is 6.60. The number of halogens is 1. The van der Waals surface area contributed by atoms with Gasteiger partial charge in [-0.25, -0.2) is 4.98 Å². The van der Waals surface area contributed by atoms with Crippen molar-refractivity contribution in [2.75, 3.05) is 0 Å². The summed E-state index contributed by atoms with van der Waals surface area (Å²) in [6.45, 7) is 0.468. The zero-order chi connectivity index (χ0) is 21.6. The maximum atomic E-state index is 12.0. The molecule has 2 aromatic heterocycles. The maximum Gasteiger partial charge on any atom is 0.250 e. The van der Waals surface area contributed by atoms with E-state index in [0.717, 1.165) is 16.7 Å². The number of rotatable bonds is 5. The largest absolute Gasteiger partial charge is 0.434 e. The van der Waals surface area contributed by atoms with Crippen LogP contribution in [0.15, 0.2) is 77.4 Å². The predicted molar refractivity (Wildman–Crippen MR) is 125 cm³/mol. The summed E-state index contributed by atoms with van der Waals surface area (Å²) in [6, 6.07) is 18.5. The van der Waals surface area contributed by atoms with E-state index in [0.29, 0.717) is 28.7 Å². The number of amides is 1. The molecule has 0 unspecified atom stereocenters. The number of nitrogens with one attached hydrogen (secondary N) is 2. The highest BCUT2D eigenvalue weighted by atomic mass is 35.5. The van der Waals surface area contributed by atoms with Crippen molar-refractivity contribution in [3.05, 3.63) is 89.1 Å².